The summed E-state index contributed by atoms with van der Waals surface area (Å²) >= 11 is 1.11. The highest BCUT2D eigenvalue weighted by Gasteiger charge is 2.25. The number of nitrogen functional groups attached to an aromatic ring is 1. The summed E-state index contributed by atoms with van der Waals surface area (Å²) in [6.45, 7) is 0.934. The number of anilines is 2. The molecule has 4 N–H and O–H groups in total. The van der Waals surface area contributed by atoms with Crippen LogP contribution in [-0.4, -0.2) is 53.3 Å². The van der Waals surface area contributed by atoms with Gasteiger partial charge < -0.3 is 25.8 Å². The highest BCUT2D eigenvalue weighted by Crippen LogP contribution is 2.27. The Morgan fingerprint density at radius 2 is 2.35 bits per heavy atom. The Hall–Kier alpha value is -2.03. The van der Waals surface area contributed by atoms with E-state index in [0.29, 0.717) is 18.2 Å². The van der Waals surface area contributed by atoms with Gasteiger partial charge in [-0.05, 0) is 12.8 Å². The van der Waals surface area contributed by atoms with E-state index in [1.165, 1.54) is 12.0 Å². The Morgan fingerprint density at radius 3 is 3.00 bits per heavy atom. The molecule has 2 heterocycles. The molecule has 0 spiro atoms. The summed E-state index contributed by atoms with van der Waals surface area (Å²) in [5, 5.41) is 12.6. The average molecular weight is 300 g/mol. The number of hydrogen-bond acceptors (Lipinski definition) is 7. The number of methoxy groups -OCH3 is 1. The summed E-state index contributed by atoms with van der Waals surface area (Å²) < 4.78 is 4.61. The van der Waals surface area contributed by atoms with E-state index in [9.17, 15) is 9.59 Å². The van der Waals surface area contributed by atoms with Gasteiger partial charge in [0.25, 0.3) is 0 Å². The number of carbonyl (C=O) groups is 2. The molecule has 2 rings (SSSR count). The lowest BCUT2D eigenvalue weighted by Gasteiger charge is -2.30. The molecule has 0 saturated carbocycles. The van der Waals surface area contributed by atoms with Gasteiger partial charge in [-0.1, -0.05) is 11.3 Å². The van der Waals surface area contributed by atoms with E-state index in [2.05, 4.69) is 15.0 Å². The second kappa shape index (κ2) is 5.95. The number of carboxylic acid groups (broad SMARTS) is 1. The zero-order valence-corrected chi connectivity index (χ0v) is 11.8. The second-order valence-corrected chi connectivity index (χ2v) is 5.44. The van der Waals surface area contributed by atoms with Crippen molar-refractivity contribution in [2.24, 2.45) is 0 Å². The van der Waals surface area contributed by atoms with Crippen LogP contribution in [0.1, 0.15) is 22.5 Å². The third-order valence-electron chi connectivity index (χ3n) is 3.04. The molecule has 20 heavy (non-hydrogen) atoms. The van der Waals surface area contributed by atoms with Crippen LogP contribution in [0.4, 0.5) is 15.7 Å². The van der Waals surface area contributed by atoms with Gasteiger partial charge in [-0.15, -0.1) is 0 Å². The molecule has 1 aliphatic rings. The van der Waals surface area contributed by atoms with Crippen molar-refractivity contribution in [3.8, 4) is 0 Å². The highest BCUT2D eigenvalue weighted by molar-refractivity contribution is 7.17. The third kappa shape index (κ3) is 3.10. The molecule has 9 heteroatoms. The quantitative estimate of drug-likeness (QED) is 0.714. The van der Waals surface area contributed by atoms with Crippen molar-refractivity contribution in [1.29, 1.82) is 0 Å². The van der Waals surface area contributed by atoms with Crippen LogP contribution < -0.4 is 11.1 Å². The molecule has 1 aliphatic heterocycles. The van der Waals surface area contributed by atoms with E-state index in [1.807, 2.05) is 0 Å². The summed E-state index contributed by atoms with van der Waals surface area (Å²) in [5.41, 5.74) is 5.65. The van der Waals surface area contributed by atoms with Gasteiger partial charge in [0.2, 0.25) is 0 Å². The lowest BCUT2D eigenvalue weighted by Crippen LogP contribution is -2.44. The Bertz CT molecular complexity index is 519. The zero-order chi connectivity index (χ0) is 14.7. The fourth-order valence-electron chi connectivity index (χ4n) is 2.08. The first-order chi connectivity index (χ1) is 9.51. The molecule has 0 bridgehead atoms. The lowest BCUT2D eigenvalue weighted by molar-refractivity contribution is 0.0607. The molecule has 110 valence electrons. The first-order valence-electron chi connectivity index (χ1n) is 6.10. The monoisotopic (exact) mass is 300 g/mol. The molecule has 1 unspecified atom stereocenters. The molecule has 1 amide bonds. The van der Waals surface area contributed by atoms with Crippen molar-refractivity contribution >= 4 is 34.3 Å². The average Bonchev–Trinajstić information content (AvgIpc) is 2.79. The Kier molecular flexibility index (Phi) is 4.28. The summed E-state index contributed by atoms with van der Waals surface area (Å²) in [6, 6.07) is -0.0316. The van der Waals surface area contributed by atoms with Crippen LogP contribution in [0.2, 0.25) is 0 Å². The standard InChI is InChI=1S/C11H16N4O4S/c1-19-9(16)7-8(12)14-10(20-7)13-6-3-2-4-15(5-6)11(17)18/h6H,2-5,12H2,1H3,(H,13,14)(H,17,18). The van der Waals surface area contributed by atoms with Crippen molar-refractivity contribution in [2.75, 3.05) is 31.2 Å². The number of ether oxygens (including phenoxy) is 1. The van der Waals surface area contributed by atoms with Gasteiger partial charge in [-0.3, -0.25) is 0 Å². The first kappa shape index (κ1) is 14.4. The largest absolute Gasteiger partial charge is 0.465 e. The van der Waals surface area contributed by atoms with Gasteiger partial charge in [0, 0.05) is 19.1 Å². The number of aromatic nitrogens is 1. The Balaban J connectivity index is 2.03. The predicted molar refractivity (Wildman–Crippen MR) is 74.1 cm³/mol. The van der Waals surface area contributed by atoms with E-state index in [4.69, 9.17) is 10.8 Å². The molecule has 8 nitrogen and oxygen atoms in total. The number of nitrogens with two attached hydrogens (primary N) is 1. The highest BCUT2D eigenvalue weighted by atomic mass is 32.1. The number of thiazole rings is 1. The van der Waals surface area contributed by atoms with E-state index >= 15 is 0 Å². The number of nitrogens with zero attached hydrogens (tertiary/aromatic N) is 2. The Morgan fingerprint density at radius 1 is 1.60 bits per heavy atom. The van der Waals surface area contributed by atoms with Gasteiger partial charge in [0.05, 0.1) is 7.11 Å². The fraction of sp³-hybridized carbons (Fsp3) is 0.545. The fourth-order valence-corrected chi connectivity index (χ4v) is 2.96. The number of piperidine rings is 1. The molecule has 0 aromatic carbocycles. The van der Waals surface area contributed by atoms with E-state index < -0.39 is 12.1 Å². The maximum atomic E-state index is 11.4. The summed E-state index contributed by atoms with van der Waals surface area (Å²) in [6.07, 6.45) is 0.705. The minimum Gasteiger partial charge on any atom is -0.465 e. The summed E-state index contributed by atoms with van der Waals surface area (Å²) in [4.78, 5) is 28.1. The van der Waals surface area contributed by atoms with Crippen molar-refractivity contribution in [2.45, 2.75) is 18.9 Å². The van der Waals surface area contributed by atoms with Crippen molar-refractivity contribution in [3.63, 3.8) is 0 Å². The van der Waals surface area contributed by atoms with Crippen LogP contribution in [0.25, 0.3) is 0 Å². The van der Waals surface area contributed by atoms with Crippen LogP contribution in [0.15, 0.2) is 0 Å². The molecule has 0 aliphatic carbocycles. The lowest BCUT2D eigenvalue weighted by atomic mass is 10.1. The van der Waals surface area contributed by atoms with Gasteiger partial charge in [-0.2, -0.15) is 0 Å². The van der Waals surface area contributed by atoms with E-state index in [1.54, 1.807) is 0 Å². The number of rotatable bonds is 3. The second-order valence-electron chi connectivity index (χ2n) is 4.44. The topological polar surface area (TPSA) is 118 Å². The number of amides is 1. The maximum Gasteiger partial charge on any atom is 0.407 e. The van der Waals surface area contributed by atoms with Crippen LogP contribution >= 0.6 is 11.3 Å². The van der Waals surface area contributed by atoms with Crippen molar-refractivity contribution in [1.82, 2.24) is 9.88 Å². The minimum atomic E-state index is -0.926. The molecule has 0 radical (unpaired) electrons. The summed E-state index contributed by atoms with van der Waals surface area (Å²) in [7, 11) is 1.28. The van der Waals surface area contributed by atoms with Gasteiger partial charge in [0.1, 0.15) is 0 Å². The SMILES string of the molecule is COC(=O)c1sc(NC2CCCN(C(=O)O)C2)nc1N. The van der Waals surface area contributed by atoms with Crippen molar-refractivity contribution < 1.29 is 19.4 Å². The molecular weight excluding hydrogens is 284 g/mol. The zero-order valence-electron chi connectivity index (χ0n) is 11.0. The van der Waals surface area contributed by atoms with Crippen LogP contribution in [0, 0.1) is 0 Å². The van der Waals surface area contributed by atoms with Crippen molar-refractivity contribution in [3.05, 3.63) is 4.88 Å². The van der Waals surface area contributed by atoms with E-state index in [0.717, 1.165) is 24.2 Å². The first-order valence-corrected chi connectivity index (χ1v) is 6.92. The van der Waals surface area contributed by atoms with Gasteiger partial charge in [0.15, 0.2) is 15.8 Å². The molecular formula is C11H16N4O4S. The van der Waals surface area contributed by atoms with Gasteiger partial charge in [-0.25, -0.2) is 14.6 Å². The number of carbonyl (C=O) groups excluding carboxylic acids is 1. The number of nitrogens with one attached hydrogen (secondary N) is 1. The normalized spacial score (nSPS) is 18.6. The number of hydrogen-bond donors (Lipinski definition) is 3. The molecule has 1 aromatic heterocycles. The summed E-state index contributed by atoms with van der Waals surface area (Å²) in [5.74, 6) is -0.404. The van der Waals surface area contributed by atoms with E-state index in [-0.39, 0.29) is 16.7 Å². The molecule has 1 saturated heterocycles. The number of esters is 1. The third-order valence-corrected chi connectivity index (χ3v) is 4.03. The van der Waals surface area contributed by atoms with Crippen LogP contribution in [-0.2, 0) is 4.74 Å². The molecule has 1 fully saturated rings. The smallest absolute Gasteiger partial charge is 0.407 e. The molecule has 1 aromatic rings. The number of likely N-dealkylation sites (tertiary alicyclic amines) is 1. The minimum absolute atomic E-state index is 0.0316. The Labute approximate surface area is 119 Å². The van der Waals surface area contributed by atoms with Crippen LogP contribution in [0.3, 0.4) is 0 Å². The van der Waals surface area contributed by atoms with Crippen LogP contribution in [0.5, 0.6) is 0 Å². The maximum absolute atomic E-state index is 11.4. The molecule has 1 atom stereocenters. The van der Waals surface area contributed by atoms with Gasteiger partial charge >= 0.3 is 12.1 Å². The predicted octanol–water partition coefficient (Wildman–Crippen LogP) is 1.07.